The number of nitrogens with one attached hydrogen (secondary N) is 1. The molecular formula is C20H15ClN2O5S2. The molecule has 10 heteroatoms. The second-order valence-corrected chi connectivity index (χ2v) is 9.81. The summed E-state index contributed by atoms with van der Waals surface area (Å²) in [6.07, 6.45) is 1.14. The van der Waals surface area contributed by atoms with Crippen LogP contribution < -0.4 is 10.1 Å². The van der Waals surface area contributed by atoms with Crippen molar-refractivity contribution >= 4 is 54.0 Å². The number of hydrogen-bond acceptors (Lipinski definition) is 7. The van der Waals surface area contributed by atoms with Gasteiger partial charge in [-0.15, -0.1) is 0 Å². The van der Waals surface area contributed by atoms with E-state index >= 15 is 0 Å². The van der Waals surface area contributed by atoms with Gasteiger partial charge in [0.05, 0.1) is 20.1 Å². The van der Waals surface area contributed by atoms with Crippen molar-refractivity contribution in [3.63, 3.8) is 0 Å². The van der Waals surface area contributed by atoms with Crippen LogP contribution in [0.1, 0.15) is 16.3 Å². The molecule has 0 fully saturated rings. The number of hydrogen-bond donors (Lipinski definition) is 1. The SMILES string of the molecule is CS(=O)(=O)c1ccc2nc(NC(=O)c3ccc(COc4ccccc4Cl)o3)sc2c1. The van der Waals surface area contributed by atoms with E-state index in [0.29, 0.717) is 31.9 Å². The van der Waals surface area contributed by atoms with Crippen LogP contribution in [0.25, 0.3) is 10.2 Å². The number of furan rings is 1. The Morgan fingerprint density at radius 1 is 1.20 bits per heavy atom. The average molecular weight is 463 g/mol. The molecule has 4 rings (SSSR count). The summed E-state index contributed by atoms with van der Waals surface area (Å²) >= 11 is 7.22. The van der Waals surface area contributed by atoms with Crippen LogP contribution in [0.5, 0.6) is 5.75 Å². The second kappa shape index (κ2) is 8.10. The number of para-hydroxylation sites is 1. The smallest absolute Gasteiger partial charge is 0.293 e. The maximum Gasteiger partial charge on any atom is 0.293 e. The molecule has 1 N–H and O–H groups in total. The topological polar surface area (TPSA) is 98.5 Å². The van der Waals surface area contributed by atoms with Crippen molar-refractivity contribution in [3.05, 3.63) is 71.1 Å². The lowest BCUT2D eigenvalue weighted by molar-refractivity contribution is 0.0992. The predicted molar refractivity (Wildman–Crippen MR) is 115 cm³/mol. The zero-order valence-corrected chi connectivity index (χ0v) is 18.0. The van der Waals surface area contributed by atoms with Crippen molar-refractivity contribution in [2.24, 2.45) is 0 Å². The maximum absolute atomic E-state index is 12.5. The predicted octanol–water partition coefficient (Wildman–Crippen LogP) is 4.78. The average Bonchev–Trinajstić information content (AvgIpc) is 3.32. The normalized spacial score (nSPS) is 11.5. The van der Waals surface area contributed by atoms with Crippen molar-refractivity contribution in [2.75, 3.05) is 11.6 Å². The van der Waals surface area contributed by atoms with Crippen LogP contribution in [0.15, 0.2) is 63.9 Å². The highest BCUT2D eigenvalue weighted by Gasteiger charge is 2.16. The summed E-state index contributed by atoms with van der Waals surface area (Å²) in [7, 11) is -3.32. The number of benzene rings is 2. The molecule has 0 radical (unpaired) electrons. The molecule has 2 aromatic carbocycles. The molecule has 0 bridgehead atoms. The van der Waals surface area contributed by atoms with Crippen LogP contribution in [0.2, 0.25) is 5.02 Å². The van der Waals surface area contributed by atoms with Crippen molar-refractivity contribution in [3.8, 4) is 5.75 Å². The van der Waals surface area contributed by atoms with Gasteiger partial charge in [-0.05, 0) is 42.5 Å². The summed E-state index contributed by atoms with van der Waals surface area (Å²) in [5.74, 6) is 0.608. The summed E-state index contributed by atoms with van der Waals surface area (Å²) in [5, 5.41) is 3.49. The molecule has 2 aromatic heterocycles. The quantitative estimate of drug-likeness (QED) is 0.443. The van der Waals surface area contributed by atoms with Gasteiger partial charge in [-0.25, -0.2) is 13.4 Å². The highest BCUT2D eigenvalue weighted by molar-refractivity contribution is 7.90. The first-order chi connectivity index (χ1) is 14.3. The molecular weight excluding hydrogens is 448 g/mol. The fraction of sp³-hybridized carbons (Fsp3) is 0.100. The number of thiazole rings is 1. The first kappa shape index (κ1) is 20.4. The number of carbonyl (C=O) groups is 1. The van der Waals surface area contributed by atoms with E-state index in [1.807, 2.05) is 0 Å². The lowest BCUT2D eigenvalue weighted by Crippen LogP contribution is -2.10. The first-order valence-corrected chi connectivity index (χ1v) is 11.8. The molecule has 0 aliphatic carbocycles. The van der Waals surface area contributed by atoms with E-state index in [4.69, 9.17) is 20.8 Å². The Morgan fingerprint density at radius 2 is 2.00 bits per heavy atom. The first-order valence-electron chi connectivity index (χ1n) is 8.67. The Balaban J connectivity index is 1.45. The molecule has 4 aromatic rings. The summed E-state index contributed by atoms with van der Waals surface area (Å²) in [5.41, 5.74) is 0.593. The summed E-state index contributed by atoms with van der Waals surface area (Å²) in [6, 6.07) is 14.9. The molecule has 0 saturated carbocycles. The van der Waals surface area contributed by atoms with Crippen LogP contribution in [-0.4, -0.2) is 25.6 Å². The monoisotopic (exact) mass is 462 g/mol. The van der Waals surface area contributed by atoms with Crippen LogP contribution in [-0.2, 0) is 16.4 Å². The molecule has 2 heterocycles. The number of halogens is 1. The van der Waals surface area contributed by atoms with E-state index in [9.17, 15) is 13.2 Å². The zero-order valence-electron chi connectivity index (χ0n) is 15.6. The number of anilines is 1. The minimum absolute atomic E-state index is 0.101. The fourth-order valence-electron chi connectivity index (χ4n) is 2.64. The van der Waals surface area contributed by atoms with E-state index in [1.54, 1.807) is 36.4 Å². The third kappa shape index (κ3) is 4.48. The zero-order chi connectivity index (χ0) is 21.3. The summed E-state index contributed by atoms with van der Waals surface area (Å²) < 4.78 is 35.2. The number of carbonyl (C=O) groups excluding carboxylic acids is 1. The van der Waals surface area contributed by atoms with Gasteiger partial charge >= 0.3 is 0 Å². The summed E-state index contributed by atoms with van der Waals surface area (Å²) in [6.45, 7) is 0.117. The minimum Gasteiger partial charge on any atom is -0.484 e. The number of aromatic nitrogens is 1. The molecule has 0 atom stereocenters. The van der Waals surface area contributed by atoms with E-state index in [-0.39, 0.29) is 17.3 Å². The van der Waals surface area contributed by atoms with Gasteiger partial charge in [-0.3, -0.25) is 10.1 Å². The lowest BCUT2D eigenvalue weighted by Gasteiger charge is -2.05. The lowest BCUT2D eigenvalue weighted by atomic mass is 10.3. The number of fused-ring (bicyclic) bond motifs is 1. The highest BCUT2D eigenvalue weighted by Crippen LogP contribution is 2.29. The standard InChI is InChI=1S/C20H15ClN2O5S2/c1-30(25,26)13-7-8-15-18(10-13)29-20(22-15)23-19(24)17-9-6-12(28-17)11-27-16-5-3-2-4-14(16)21/h2-10H,11H2,1H3,(H,22,23,24). The van der Waals surface area contributed by atoms with Crippen LogP contribution in [0.4, 0.5) is 5.13 Å². The van der Waals surface area contributed by atoms with Crippen LogP contribution >= 0.6 is 22.9 Å². The maximum atomic E-state index is 12.5. The molecule has 0 spiro atoms. The van der Waals surface area contributed by atoms with Gasteiger partial charge in [-0.1, -0.05) is 35.1 Å². The van der Waals surface area contributed by atoms with Gasteiger partial charge in [0.15, 0.2) is 20.7 Å². The molecule has 0 unspecified atom stereocenters. The molecule has 0 aliphatic heterocycles. The van der Waals surface area contributed by atoms with Crippen molar-refractivity contribution in [1.29, 1.82) is 0 Å². The fourth-order valence-corrected chi connectivity index (χ4v) is 4.45. The third-order valence-corrected chi connectivity index (χ3v) is 6.46. The minimum atomic E-state index is -3.32. The van der Waals surface area contributed by atoms with Gasteiger partial charge in [0.2, 0.25) is 0 Å². The Labute approximate surface area is 181 Å². The third-order valence-electron chi connectivity index (χ3n) is 4.10. The van der Waals surface area contributed by atoms with E-state index in [1.165, 1.54) is 29.5 Å². The number of amides is 1. The van der Waals surface area contributed by atoms with Gasteiger partial charge in [0.1, 0.15) is 18.1 Å². The highest BCUT2D eigenvalue weighted by atomic mass is 35.5. The van der Waals surface area contributed by atoms with Crippen LogP contribution in [0.3, 0.4) is 0 Å². The van der Waals surface area contributed by atoms with Crippen molar-refractivity contribution in [2.45, 2.75) is 11.5 Å². The molecule has 30 heavy (non-hydrogen) atoms. The van der Waals surface area contributed by atoms with E-state index < -0.39 is 15.7 Å². The summed E-state index contributed by atoms with van der Waals surface area (Å²) in [4.78, 5) is 17.0. The molecule has 7 nitrogen and oxygen atoms in total. The second-order valence-electron chi connectivity index (χ2n) is 6.36. The Hall–Kier alpha value is -2.88. The molecule has 1 amide bonds. The van der Waals surface area contributed by atoms with Crippen molar-refractivity contribution < 1.29 is 22.4 Å². The Kier molecular flexibility index (Phi) is 5.50. The van der Waals surface area contributed by atoms with Gasteiger partial charge < -0.3 is 9.15 Å². The number of ether oxygens (including phenoxy) is 1. The number of nitrogens with zero attached hydrogens (tertiary/aromatic N) is 1. The molecule has 0 saturated heterocycles. The van der Waals surface area contributed by atoms with Gasteiger partial charge in [0.25, 0.3) is 5.91 Å². The molecule has 0 aliphatic rings. The Morgan fingerprint density at radius 3 is 2.77 bits per heavy atom. The van der Waals surface area contributed by atoms with Crippen LogP contribution in [0, 0.1) is 0 Å². The molecule has 154 valence electrons. The van der Waals surface area contributed by atoms with Gasteiger partial charge in [-0.2, -0.15) is 0 Å². The van der Waals surface area contributed by atoms with E-state index in [0.717, 1.165) is 6.26 Å². The number of rotatable bonds is 6. The number of sulfone groups is 1. The largest absolute Gasteiger partial charge is 0.484 e. The Bertz CT molecular complexity index is 1340. The van der Waals surface area contributed by atoms with Gasteiger partial charge in [0, 0.05) is 6.26 Å². The van der Waals surface area contributed by atoms with E-state index in [2.05, 4.69) is 10.3 Å². The van der Waals surface area contributed by atoms with Crippen molar-refractivity contribution in [1.82, 2.24) is 4.98 Å².